The Labute approximate surface area is 115 Å². The summed E-state index contributed by atoms with van der Waals surface area (Å²) in [6.45, 7) is 10.2. The van der Waals surface area contributed by atoms with Gasteiger partial charge in [-0.3, -0.25) is 15.0 Å². The lowest BCUT2D eigenvalue weighted by molar-refractivity contribution is -0.121. The summed E-state index contributed by atoms with van der Waals surface area (Å²) in [6.07, 6.45) is 0.991. The number of nitrogens with zero attached hydrogens (tertiary/aromatic N) is 1. The lowest BCUT2D eigenvalue weighted by atomic mass is 9.90. The van der Waals surface area contributed by atoms with E-state index in [-0.39, 0.29) is 23.4 Å². The topological polar surface area (TPSA) is 87.5 Å². The van der Waals surface area contributed by atoms with Crippen molar-refractivity contribution >= 4 is 11.9 Å². The lowest BCUT2D eigenvalue weighted by Gasteiger charge is -2.23. The highest BCUT2D eigenvalue weighted by atomic mass is 16.2. The van der Waals surface area contributed by atoms with Gasteiger partial charge in [-0.1, -0.05) is 6.92 Å². The molecule has 1 rings (SSSR count). The zero-order chi connectivity index (χ0) is 14.7. The van der Waals surface area contributed by atoms with Crippen molar-refractivity contribution in [2.75, 3.05) is 26.2 Å². The fourth-order valence-corrected chi connectivity index (χ4v) is 2.17. The van der Waals surface area contributed by atoms with Crippen LogP contribution in [0.15, 0.2) is 0 Å². The zero-order valence-electron chi connectivity index (χ0n) is 12.4. The molecule has 1 heterocycles. The standard InChI is InChI=1S/C13H26N4O2/c1-12(2,3)16-11(19)15-10(18)7-17-6-5-13(4,8-14)9-17/h5-9,14H2,1-4H3,(H2,15,16,18,19). The van der Waals surface area contributed by atoms with Crippen molar-refractivity contribution in [3.8, 4) is 0 Å². The average molecular weight is 270 g/mol. The number of hydrogen-bond donors (Lipinski definition) is 3. The van der Waals surface area contributed by atoms with Gasteiger partial charge in [0.1, 0.15) is 0 Å². The molecule has 0 saturated carbocycles. The van der Waals surface area contributed by atoms with Crippen LogP contribution in [0.2, 0.25) is 0 Å². The van der Waals surface area contributed by atoms with Crippen LogP contribution >= 0.6 is 0 Å². The minimum absolute atomic E-state index is 0.0912. The predicted octanol–water partition coefficient (Wildman–Crippen LogP) is 0.281. The number of nitrogens with one attached hydrogen (secondary N) is 2. The normalized spacial score (nSPS) is 24.3. The molecular weight excluding hydrogens is 244 g/mol. The number of carbonyl (C=O) groups excluding carboxylic acids is 2. The molecule has 0 radical (unpaired) electrons. The molecule has 0 aromatic heterocycles. The smallest absolute Gasteiger partial charge is 0.321 e. The average Bonchev–Trinajstić information content (AvgIpc) is 2.57. The van der Waals surface area contributed by atoms with E-state index in [9.17, 15) is 9.59 Å². The number of likely N-dealkylation sites (tertiary alicyclic amines) is 1. The molecule has 19 heavy (non-hydrogen) atoms. The summed E-state index contributed by atoms with van der Waals surface area (Å²) in [4.78, 5) is 25.3. The van der Waals surface area contributed by atoms with E-state index in [1.54, 1.807) is 0 Å². The summed E-state index contributed by atoms with van der Waals surface area (Å²) in [5.74, 6) is -0.275. The Morgan fingerprint density at radius 3 is 2.47 bits per heavy atom. The Balaban J connectivity index is 2.35. The quantitative estimate of drug-likeness (QED) is 0.687. The molecule has 1 aliphatic rings. The van der Waals surface area contributed by atoms with Gasteiger partial charge >= 0.3 is 6.03 Å². The van der Waals surface area contributed by atoms with E-state index in [0.29, 0.717) is 6.54 Å². The molecule has 0 bridgehead atoms. The summed E-state index contributed by atoms with van der Waals surface area (Å²) in [5.41, 5.74) is 5.46. The third-order valence-corrected chi connectivity index (χ3v) is 3.24. The van der Waals surface area contributed by atoms with Crippen molar-refractivity contribution in [1.82, 2.24) is 15.5 Å². The van der Waals surface area contributed by atoms with Crippen molar-refractivity contribution in [3.05, 3.63) is 0 Å². The van der Waals surface area contributed by atoms with Gasteiger partial charge in [-0.15, -0.1) is 0 Å². The lowest BCUT2D eigenvalue weighted by Crippen LogP contribution is -2.50. The number of urea groups is 1. The van der Waals surface area contributed by atoms with Crippen LogP contribution in [0.4, 0.5) is 4.79 Å². The molecule has 6 heteroatoms. The summed E-state index contributed by atoms with van der Waals surface area (Å²) < 4.78 is 0. The van der Waals surface area contributed by atoms with Crippen molar-refractivity contribution in [1.29, 1.82) is 0 Å². The first-order chi connectivity index (χ1) is 8.63. The highest BCUT2D eigenvalue weighted by Gasteiger charge is 2.33. The minimum Gasteiger partial charge on any atom is -0.333 e. The molecule has 1 fully saturated rings. The van der Waals surface area contributed by atoms with Gasteiger partial charge in [-0.2, -0.15) is 0 Å². The SMILES string of the molecule is CC1(CN)CCN(CC(=O)NC(=O)NC(C)(C)C)C1. The summed E-state index contributed by atoms with van der Waals surface area (Å²) >= 11 is 0. The van der Waals surface area contributed by atoms with Crippen molar-refractivity contribution in [2.24, 2.45) is 11.1 Å². The van der Waals surface area contributed by atoms with E-state index in [4.69, 9.17) is 5.73 Å². The minimum atomic E-state index is -0.446. The van der Waals surface area contributed by atoms with Crippen LogP contribution in [-0.4, -0.2) is 48.6 Å². The Bertz CT molecular complexity index is 351. The van der Waals surface area contributed by atoms with Gasteiger partial charge in [-0.25, -0.2) is 4.79 Å². The Kier molecular flexibility index (Phi) is 4.92. The molecule has 1 saturated heterocycles. The second-order valence-electron chi connectivity index (χ2n) is 6.73. The Hall–Kier alpha value is -1.14. The van der Waals surface area contributed by atoms with Crippen molar-refractivity contribution in [3.63, 3.8) is 0 Å². The molecule has 0 spiro atoms. The Morgan fingerprint density at radius 1 is 1.37 bits per heavy atom. The molecule has 1 unspecified atom stereocenters. The maximum absolute atomic E-state index is 11.7. The molecule has 4 N–H and O–H groups in total. The number of amides is 3. The van der Waals surface area contributed by atoms with Crippen LogP contribution < -0.4 is 16.4 Å². The molecule has 3 amide bonds. The van der Waals surface area contributed by atoms with E-state index >= 15 is 0 Å². The summed E-state index contributed by atoms with van der Waals surface area (Å²) in [7, 11) is 0. The number of rotatable bonds is 3. The first kappa shape index (κ1) is 15.9. The summed E-state index contributed by atoms with van der Waals surface area (Å²) in [6, 6.07) is -0.446. The van der Waals surface area contributed by atoms with Crippen LogP contribution in [0, 0.1) is 5.41 Å². The second kappa shape index (κ2) is 5.88. The largest absolute Gasteiger partial charge is 0.333 e. The highest BCUT2D eigenvalue weighted by Crippen LogP contribution is 2.27. The maximum atomic E-state index is 11.7. The number of nitrogens with two attached hydrogens (primary N) is 1. The monoisotopic (exact) mass is 270 g/mol. The molecule has 0 aromatic carbocycles. The third kappa shape index (κ3) is 5.57. The van der Waals surface area contributed by atoms with Gasteiger partial charge in [-0.05, 0) is 45.7 Å². The first-order valence-corrected chi connectivity index (χ1v) is 6.68. The molecular formula is C13H26N4O2. The van der Waals surface area contributed by atoms with Crippen LogP contribution in [0.3, 0.4) is 0 Å². The predicted molar refractivity (Wildman–Crippen MR) is 74.6 cm³/mol. The van der Waals surface area contributed by atoms with Crippen molar-refractivity contribution in [2.45, 2.75) is 39.7 Å². The van der Waals surface area contributed by atoms with Gasteiger partial charge in [0.25, 0.3) is 0 Å². The van der Waals surface area contributed by atoms with E-state index in [0.717, 1.165) is 19.5 Å². The summed E-state index contributed by atoms with van der Waals surface area (Å²) in [5, 5.41) is 5.04. The Morgan fingerprint density at radius 2 is 2.00 bits per heavy atom. The van der Waals surface area contributed by atoms with Gasteiger partial charge in [0, 0.05) is 12.1 Å². The number of imide groups is 1. The maximum Gasteiger partial charge on any atom is 0.321 e. The van der Waals surface area contributed by atoms with Crippen LogP contribution in [-0.2, 0) is 4.79 Å². The molecule has 110 valence electrons. The molecule has 0 aromatic rings. The first-order valence-electron chi connectivity index (χ1n) is 6.68. The molecule has 1 aliphatic heterocycles. The molecule has 0 aliphatic carbocycles. The zero-order valence-corrected chi connectivity index (χ0v) is 12.4. The van der Waals surface area contributed by atoms with Gasteiger partial charge < -0.3 is 11.1 Å². The number of carbonyl (C=O) groups is 2. The van der Waals surface area contributed by atoms with E-state index in [1.165, 1.54) is 0 Å². The van der Waals surface area contributed by atoms with Gasteiger partial charge in [0.15, 0.2) is 0 Å². The fraction of sp³-hybridized carbons (Fsp3) is 0.846. The number of hydrogen-bond acceptors (Lipinski definition) is 4. The second-order valence-corrected chi connectivity index (χ2v) is 6.73. The van der Waals surface area contributed by atoms with E-state index in [1.807, 2.05) is 25.7 Å². The van der Waals surface area contributed by atoms with Crippen molar-refractivity contribution < 1.29 is 9.59 Å². The molecule has 6 nitrogen and oxygen atoms in total. The van der Waals surface area contributed by atoms with Gasteiger partial charge in [0.2, 0.25) is 5.91 Å². The molecule has 1 atom stereocenters. The van der Waals surface area contributed by atoms with Crippen LogP contribution in [0.5, 0.6) is 0 Å². The van der Waals surface area contributed by atoms with E-state index in [2.05, 4.69) is 17.6 Å². The van der Waals surface area contributed by atoms with E-state index < -0.39 is 6.03 Å². The third-order valence-electron chi connectivity index (χ3n) is 3.24. The highest BCUT2D eigenvalue weighted by molar-refractivity contribution is 5.95. The van der Waals surface area contributed by atoms with Crippen LogP contribution in [0.1, 0.15) is 34.1 Å². The van der Waals surface area contributed by atoms with Gasteiger partial charge in [0.05, 0.1) is 6.54 Å². The van der Waals surface area contributed by atoms with Crippen LogP contribution in [0.25, 0.3) is 0 Å². The fourth-order valence-electron chi connectivity index (χ4n) is 2.17.